The lowest BCUT2D eigenvalue weighted by Crippen LogP contribution is -2.26. The van der Waals surface area contributed by atoms with Gasteiger partial charge in [0.25, 0.3) is 5.91 Å². The summed E-state index contributed by atoms with van der Waals surface area (Å²) in [6.45, 7) is 3.49. The number of esters is 1. The van der Waals surface area contributed by atoms with Crippen LogP contribution in [0.4, 0.5) is 0 Å². The maximum Gasteiger partial charge on any atom is 0.353 e. The summed E-state index contributed by atoms with van der Waals surface area (Å²) < 4.78 is 15.9. The zero-order chi connectivity index (χ0) is 21.1. The van der Waals surface area contributed by atoms with E-state index >= 15 is 0 Å². The third-order valence-electron chi connectivity index (χ3n) is 3.74. The number of methoxy groups -OCH3 is 1. The van der Waals surface area contributed by atoms with Crippen molar-refractivity contribution in [2.45, 2.75) is 13.3 Å². The monoisotopic (exact) mass is 414 g/mol. The van der Waals surface area contributed by atoms with Crippen molar-refractivity contribution in [3.05, 3.63) is 51.7 Å². The van der Waals surface area contributed by atoms with Crippen molar-refractivity contribution in [1.29, 1.82) is 5.26 Å². The van der Waals surface area contributed by atoms with E-state index in [9.17, 15) is 14.9 Å². The standard InChI is InChI=1S/C21H22N2O5S/c1-3-27-10-5-9-23-20(24)16(14-22)12-15-7-8-17(18(13-15)26-2)28-21(25)19-6-4-11-29-19/h4,6-8,11-13H,3,5,9-10H2,1-2H3,(H,23,24)/b16-12+. The minimum atomic E-state index is -0.481. The summed E-state index contributed by atoms with van der Waals surface area (Å²) >= 11 is 1.28. The van der Waals surface area contributed by atoms with E-state index in [4.69, 9.17) is 14.2 Å². The molecule has 2 aromatic rings. The highest BCUT2D eigenvalue weighted by atomic mass is 32.1. The van der Waals surface area contributed by atoms with Crippen molar-refractivity contribution in [3.8, 4) is 17.6 Å². The Bertz CT molecular complexity index is 900. The Morgan fingerprint density at radius 2 is 2.10 bits per heavy atom. The van der Waals surface area contributed by atoms with Crippen LogP contribution in [0, 0.1) is 11.3 Å². The van der Waals surface area contributed by atoms with Crippen LogP contribution in [0.1, 0.15) is 28.6 Å². The van der Waals surface area contributed by atoms with E-state index < -0.39 is 11.9 Å². The lowest BCUT2D eigenvalue weighted by atomic mass is 10.1. The molecule has 0 bridgehead atoms. The van der Waals surface area contributed by atoms with Gasteiger partial charge in [-0.2, -0.15) is 5.26 Å². The van der Waals surface area contributed by atoms with Crippen LogP contribution in [0.3, 0.4) is 0 Å². The third kappa shape index (κ3) is 6.75. The molecule has 1 aromatic heterocycles. The quantitative estimate of drug-likeness (QED) is 0.210. The number of carbonyl (C=O) groups excluding carboxylic acids is 2. The van der Waals surface area contributed by atoms with Gasteiger partial charge < -0.3 is 19.5 Å². The first-order valence-corrected chi connectivity index (χ1v) is 9.88. The Hall–Kier alpha value is -3.15. The Balaban J connectivity index is 2.07. The second-order valence-corrected chi connectivity index (χ2v) is 6.70. The number of nitrogens with zero attached hydrogens (tertiary/aromatic N) is 1. The molecule has 0 saturated heterocycles. The first-order chi connectivity index (χ1) is 14.1. The number of amides is 1. The molecule has 0 aliphatic heterocycles. The predicted octanol–water partition coefficient (Wildman–Crippen LogP) is 3.43. The largest absolute Gasteiger partial charge is 0.493 e. The molecule has 0 atom stereocenters. The van der Waals surface area contributed by atoms with E-state index in [-0.39, 0.29) is 11.3 Å². The fourth-order valence-corrected chi connectivity index (χ4v) is 2.93. The van der Waals surface area contributed by atoms with Gasteiger partial charge in [-0.25, -0.2) is 4.79 Å². The van der Waals surface area contributed by atoms with Crippen LogP contribution in [0.2, 0.25) is 0 Å². The van der Waals surface area contributed by atoms with Crippen molar-refractivity contribution >= 4 is 29.3 Å². The highest BCUT2D eigenvalue weighted by Gasteiger charge is 2.14. The molecule has 0 spiro atoms. The predicted molar refractivity (Wildman–Crippen MR) is 110 cm³/mol. The van der Waals surface area contributed by atoms with Crippen molar-refractivity contribution < 1.29 is 23.8 Å². The number of hydrogen-bond donors (Lipinski definition) is 1. The molecular weight excluding hydrogens is 392 g/mol. The minimum absolute atomic E-state index is 0.0354. The molecule has 29 heavy (non-hydrogen) atoms. The van der Waals surface area contributed by atoms with Gasteiger partial charge in [-0.1, -0.05) is 12.1 Å². The van der Waals surface area contributed by atoms with E-state index in [1.807, 2.05) is 13.0 Å². The topological polar surface area (TPSA) is 97.6 Å². The first-order valence-electron chi connectivity index (χ1n) is 9.00. The highest BCUT2D eigenvalue weighted by molar-refractivity contribution is 7.12. The van der Waals surface area contributed by atoms with Crippen LogP contribution in [0.5, 0.6) is 11.5 Å². The van der Waals surface area contributed by atoms with E-state index in [1.54, 1.807) is 35.7 Å². The van der Waals surface area contributed by atoms with Gasteiger partial charge in [-0.3, -0.25) is 4.79 Å². The second-order valence-electron chi connectivity index (χ2n) is 5.75. The molecule has 1 heterocycles. The summed E-state index contributed by atoms with van der Waals surface area (Å²) in [5.41, 5.74) is 0.533. The zero-order valence-corrected chi connectivity index (χ0v) is 17.1. The van der Waals surface area contributed by atoms with E-state index in [2.05, 4.69) is 5.32 Å². The molecule has 2 rings (SSSR count). The molecule has 1 amide bonds. The molecule has 0 saturated carbocycles. The third-order valence-corrected chi connectivity index (χ3v) is 4.59. The molecule has 8 heteroatoms. The van der Waals surface area contributed by atoms with Crippen molar-refractivity contribution in [2.75, 3.05) is 26.9 Å². The van der Waals surface area contributed by atoms with Gasteiger partial charge in [0, 0.05) is 19.8 Å². The number of carbonyl (C=O) groups is 2. The molecule has 0 fully saturated rings. The summed E-state index contributed by atoms with van der Waals surface area (Å²) in [6.07, 6.45) is 2.11. The number of hydrogen-bond acceptors (Lipinski definition) is 7. The Morgan fingerprint density at radius 3 is 2.76 bits per heavy atom. The van der Waals surface area contributed by atoms with Crippen LogP contribution >= 0.6 is 11.3 Å². The average molecular weight is 414 g/mol. The fourth-order valence-electron chi connectivity index (χ4n) is 2.33. The maximum atomic E-state index is 12.2. The van der Waals surface area contributed by atoms with Gasteiger partial charge in [0.1, 0.15) is 16.5 Å². The Kier molecular flexibility index (Phi) is 8.89. The summed E-state index contributed by atoms with van der Waals surface area (Å²) in [6, 6.07) is 10.1. The van der Waals surface area contributed by atoms with Gasteiger partial charge in [0.15, 0.2) is 11.5 Å². The molecule has 0 unspecified atom stereocenters. The van der Waals surface area contributed by atoms with Crippen LogP contribution in [0.15, 0.2) is 41.3 Å². The number of benzene rings is 1. The Labute approximate surface area is 173 Å². The molecule has 0 radical (unpaired) electrons. The first kappa shape index (κ1) is 22.1. The van der Waals surface area contributed by atoms with E-state index in [0.29, 0.717) is 42.4 Å². The molecule has 1 aromatic carbocycles. The summed E-state index contributed by atoms with van der Waals surface area (Å²) in [4.78, 5) is 24.8. The molecule has 1 N–H and O–H groups in total. The van der Waals surface area contributed by atoms with Gasteiger partial charge in [0.05, 0.1) is 7.11 Å². The molecule has 7 nitrogen and oxygen atoms in total. The summed E-state index contributed by atoms with van der Waals surface area (Å²) in [7, 11) is 1.45. The van der Waals surface area contributed by atoms with Crippen molar-refractivity contribution in [2.24, 2.45) is 0 Å². The van der Waals surface area contributed by atoms with Gasteiger partial charge in [-0.15, -0.1) is 11.3 Å². The maximum absolute atomic E-state index is 12.2. The average Bonchev–Trinajstić information content (AvgIpc) is 3.27. The zero-order valence-electron chi connectivity index (χ0n) is 16.3. The van der Waals surface area contributed by atoms with Crippen LogP contribution in [-0.4, -0.2) is 38.7 Å². The smallest absolute Gasteiger partial charge is 0.353 e. The van der Waals surface area contributed by atoms with Crippen LogP contribution in [0.25, 0.3) is 6.08 Å². The molecule has 152 valence electrons. The number of ether oxygens (including phenoxy) is 3. The number of nitrogens with one attached hydrogen (secondary N) is 1. The van der Waals surface area contributed by atoms with E-state index in [1.165, 1.54) is 24.5 Å². The molecular formula is C21H22N2O5S. The van der Waals surface area contributed by atoms with Crippen LogP contribution in [-0.2, 0) is 9.53 Å². The SMILES string of the molecule is CCOCCCNC(=O)/C(C#N)=C/c1ccc(OC(=O)c2cccs2)c(OC)c1. The second kappa shape index (κ2) is 11.6. The van der Waals surface area contributed by atoms with Crippen LogP contribution < -0.4 is 14.8 Å². The van der Waals surface area contributed by atoms with Crippen molar-refractivity contribution in [1.82, 2.24) is 5.32 Å². The van der Waals surface area contributed by atoms with E-state index in [0.717, 1.165) is 0 Å². The fraction of sp³-hybridized carbons (Fsp3) is 0.286. The lowest BCUT2D eigenvalue weighted by molar-refractivity contribution is -0.117. The van der Waals surface area contributed by atoms with Crippen molar-refractivity contribution in [3.63, 3.8) is 0 Å². The van der Waals surface area contributed by atoms with Gasteiger partial charge in [0.2, 0.25) is 0 Å². The molecule has 0 aliphatic rings. The number of rotatable bonds is 10. The normalized spacial score (nSPS) is 10.9. The summed E-state index contributed by atoms with van der Waals surface area (Å²) in [5, 5.41) is 13.8. The van der Waals surface area contributed by atoms with Gasteiger partial charge >= 0.3 is 5.97 Å². The summed E-state index contributed by atoms with van der Waals surface area (Å²) in [5.74, 6) is -0.373. The minimum Gasteiger partial charge on any atom is -0.493 e. The number of nitriles is 1. The molecule has 0 aliphatic carbocycles. The highest BCUT2D eigenvalue weighted by Crippen LogP contribution is 2.30. The number of thiophene rings is 1. The Morgan fingerprint density at radius 1 is 1.28 bits per heavy atom. The van der Waals surface area contributed by atoms with Gasteiger partial charge in [-0.05, 0) is 48.6 Å². The lowest BCUT2D eigenvalue weighted by Gasteiger charge is -2.10.